The first-order valence-corrected chi connectivity index (χ1v) is 9.82. The normalized spacial score (nSPS) is 19.5. The van der Waals surface area contributed by atoms with Gasteiger partial charge in [-0.1, -0.05) is 25.3 Å². The molecule has 6 heteroatoms. The van der Waals surface area contributed by atoms with Gasteiger partial charge in [0.25, 0.3) is 0 Å². The Labute approximate surface area is 156 Å². The molecule has 1 aromatic heterocycles. The van der Waals surface area contributed by atoms with Crippen molar-refractivity contribution >= 4 is 17.6 Å². The number of hydrogen-bond acceptors (Lipinski definition) is 4. The van der Waals surface area contributed by atoms with Gasteiger partial charge in [0.05, 0.1) is 0 Å². The van der Waals surface area contributed by atoms with Crippen molar-refractivity contribution in [3.63, 3.8) is 0 Å². The summed E-state index contributed by atoms with van der Waals surface area (Å²) in [5.74, 6) is 0.923. The second-order valence-electron chi connectivity index (χ2n) is 7.47. The number of hydrogen-bond donors (Lipinski definition) is 1. The molecule has 0 bridgehead atoms. The fourth-order valence-corrected chi connectivity index (χ4v) is 4.08. The number of nitrogens with one attached hydrogen (secondary N) is 1. The van der Waals surface area contributed by atoms with Crippen molar-refractivity contribution in [1.82, 2.24) is 15.2 Å². The Morgan fingerprint density at radius 1 is 1.35 bits per heavy atom. The molecular weight excluding hydrogens is 328 g/mol. The van der Waals surface area contributed by atoms with Crippen LogP contribution in [0.2, 0.25) is 0 Å². The lowest BCUT2D eigenvalue weighted by Crippen LogP contribution is -2.45. The maximum absolute atomic E-state index is 12.5. The molecular formula is C20H30N4O2. The lowest BCUT2D eigenvalue weighted by molar-refractivity contribution is -0.136. The van der Waals surface area contributed by atoms with Gasteiger partial charge in [-0.15, -0.1) is 0 Å². The number of anilines is 1. The molecule has 1 N–H and O–H groups in total. The fraction of sp³-hybridized carbons (Fsp3) is 0.650. The van der Waals surface area contributed by atoms with Crippen molar-refractivity contribution in [2.75, 3.05) is 18.5 Å². The molecule has 2 amide bonds. The van der Waals surface area contributed by atoms with Gasteiger partial charge in [0.2, 0.25) is 11.8 Å². The standard InChI is InChI=1S/C20H30N4O2/c1-15(24-13-7-11-18(24)25)20(26)22-14-16-8-6-12-21-19(16)23(2)17-9-4-3-5-10-17/h6,8,12,15,17H,3-5,7,9-11,13-14H2,1-2H3,(H,22,26)/t15-/m1/s1. The van der Waals surface area contributed by atoms with Crippen LogP contribution >= 0.6 is 0 Å². The minimum absolute atomic E-state index is 0.0757. The van der Waals surface area contributed by atoms with E-state index in [1.807, 2.05) is 18.3 Å². The molecule has 0 spiro atoms. The van der Waals surface area contributed by atoms with Gasteiger partial charge in [-0.25, -0.2) is 4.98 Å². The molecule has 2 aliphatic rings. The highest BCUT2D eigenvalue weighted by molar-refractivity contribution is 5.88. The number of aromatic nitrogens is 1. The van der Waals surface area contributed by atoms with E-state index in [1.54, 1.807) is 11.8 Å². The van der Waals surface area contributed by atoms with Gasteiger partial charge in [-0.05, 0) is 32.3 Å². The SMILES string of the molecule is C[C@H](C(=O)NCc1cccnc1N(C)C1CCCCC1)N1CCCC1=O. The van der Waals surface area contributed by atoms with Crippen molar-refractivity contribution in [1.29, 1.82) is 0 Å². The Morgan fingerprint density at radius 3 is 2.81 bits per heavy atom. The van der Waals surface area contributed by atoms with Crippen LogP contribution in [0.5, 0.6) is 0 Å². The largest absolute Gasteiger partial charge is 0.356 e. The Morgan fingerprint density at radius 2 is 2.12 bits per heavy atom. The molecule has 1 aromatic rings. The minimum Gasteiger partial charge on any atom is -0.356 e. The van der Waals surface area contributed by atoms with Crippen LogP contribution in [0.1, 0.15) is 57.4 Å². The van der Waals surface area contributed by atoms with Gasteiger partial charge in [0.15, 0.2) is 0 Å². The molecule has 1 aliphatic carbocycles. The summed E-state index contributed by atoms with van der Waals surface area (Å²) in [6, 6.07) is 4.04. The maximum atomic E-state index is 12.5. The maximum Gasteiger partial charge on any atom is 0.242 e. The molecule has 26 heavy (non-hydrogen) atoms. The monoisotopic (exact) mass is 358 g/mol. The van der Waals surface area contributed by atoms with E-state index in [2.05, 4.69) is 22.2 Å². The van der Waals surface area contributed by atoms with Gasteiger partial charge >= 0.3 is 0 Å². The summed E-state index contributed by atoms with van der Waals surface area (Å²) in [5.41, 5.74) is 1.02. The first-order valence-electron chi connectivity index (χ1n) is 9.82. The lowest BCUT2D eigenvalue weighted by Gasteiger charge is -2.33. The van der Waals surface area contributed by atoms with Crippen LogP contribution in [0.3, 0.4) is 0 Å². The van der Waals surface area contributed by atoms with E-state index < -0.39 is 6.04 Å². The second kappa shape index (κ2) is 8.52. The van der Waals surface area contributed by atoms with Crippen LogP contribution in [0.4, 0.5) is 5.82 Å². The molecule has 2 heterocycles. The predicted molar refractivity (Wildman–Crippen MR) is 102 cm³/mol. The van der Waals surface area contributed by atoms with Crippen LogP contribution in [0.15, 0.2) is 18.3 Å². The van der Waals surface area contributed by atoms with E-state index in [4.69, 9.17) is 0 Å². The number of likely N-dealkylation sites (tertiary alicyclic amines) is 1. The molecule has 0 aromatic carbocycles. The zero-order chi connectivity index (χ0) is 18.5. The van der Waals surface area contributed by atoms with Gasteiger partial charge in [-0.3, -0.25) is 9.59 Å². The average molecular weight is 358 g/mol. The van der Waals surface area contributed by atoms with E-state index in [0.717, 1.165) is 17.8 Å². The third-order valence-electron chi connectivity index (χ3n) is 5.73. The summed E-state index contributed by atoms with van der Waals surface area (Å²) in [7, 11) is 2.11. The molecule has 1 saturated carbocycles. The highest BCUT2D eigenvalue weighted by Crippen LogP contribution is 2.27. The van der Waals surface area contributed by atoms with E-state index in [-0.39, 0.29) is 11.8 Å². The summed E-state index contributed by atoms with van der Waals surface area (Å²) in [5, 5.41) is 2.99. The van der Waals surface area contributed by atoms with E-state index in [0.29, 0.717) is 25.6 Å². The zero-order valence-electron chi connectivity index (χ0n) is 15.9. The summed E-state index contributed by atoms with van der Waals surface area (Å²) in [4.78, 5) is 32.9. The minimum atomic E-state index is -0.416. The molecule has 1 aliphatic heterocycles. The first kappa shape index (κ1) is 18.7. The van der Waals surface area contributed by atoms with Crippen molar-refractivity contribution in [2.45, 2.75) is 70.5 Å². The number of amides is 2. The lowest BCUT2D eigenvalue weighted by atomic mass is 9.94. The van der Waals surface area contributed by atoms with Crippen LogP contribution in [-0.4, -0.2) is 47.4 Å². The number of carbonyl (C=O) groups excluding carboxylic acids is 2. The highest BCUT2D eigenvalue weighted by atomic mass is 16.2. The molecule has 142 valence electrons. The Balaban J connectivity index is 1.62. The van der Waals surface area contributed by atoms with Gasteiger partial charge < -0.3 is 15.1 Å². The van der Waals surface area contributed by atoms with Crippen LogP contribution in [0.25, 0.3) is 0 Å². The second-order valence-corrected chi connectivity index (χ2v) is 7.47. The molecule has 0 radical (unpaired) electrons. The third-order valence-corrected chi connectivity index (χ3v) is 5.73. The van der Waals surface area contributed by atoms with Crippen molar-refractivity contribution < 1.29 is 9.59 Å². The molecule has 1 saturated heterocycles. The smallest absolute Gasteiger partial charge is 0.242 e. The van der Waals surface area contributed by atoms with Crippen molar-refractivity contribution in [3.8, 4) is 0 Å². The summed E-state index contributed by atoms with van der Waals surface area (Å²) >= 11 is 0. The van der Waals surface area contributed by atoms with E-state index in [1.165, 1.54) is 32.1 Å². The zero-order valence-corrected chi connectivity index (χ0v) is 15.9. The average Bonchev–Trinajstić information content (AvgIpc) is 3.11. The Kier molecular flexibility index (Phi) is 6.12. The molecule has 3 rings (SSSR count). The van der Waals surface area contributed by atoms with E-state index in [9.17, 15) is 9.59 Å². The third kappa shape index (κ3) is 4.17. The number of carbonyl (C=O) groups is 2. The van der Waals surface area contributed by atoms with Gasteiger partial charge in [-0.2, -0.15) is 0 Å². The molecule has 0 unspecified atom stereocenters. The molecule has 6 nitrogen and oxygen atoms in total. The van der Waals surface area contributed by atoms with Gasteiger partial charge in [0, 0.05) is 44.4 Å². The Hall–Kier alpha value is -2.11. The predicted octanol–water partition coefficient (Wildman–Crippen LogP) is 2.48. The summed E-state index contributed by atoms with van der Waals surface area (Å²) in [6.07, 6.45) is 9.48. The summed E-state index contributed by atoms with van der Waals surface area (Å²) < 4.78 is 0. The fourth-order valence-electron chi connectivity index (χ4n) is 4.08. The molecule has 1 atom stereocenters. The topological polar surface area (TPSA) is 65.5 Å². The van der Waals surface area contributed by atoms with Gasteiger partial charge in [0.1, 0.15) is 11.9 Å². The van der Waals surface area contributed by atoms with E-state index >= 15 is 0 Å². The Bertz CT molecular complexity index is 642. The van der Waals surface area contributed by atoms with Crippen LogP contribution < -0.4 is 10.2 Å². The van der Waals surface area contributed by atoms with Crippen molar-refractivity contribution in [3.05, 3.63) is 23.9 Å². The molecule has 2 fully saturated rings. The summed E-state index contributed by atoms with van der Waals surface area (Å²) in [6.45, 7) is 2.91. The van der Waals surface area contributed by atoms with Crippen LogP contribution in [-0.2, 0) is 16.1 Å². The first-order chi connectivity index (χ1) is 12.6. The number of nitrogens with zero attached hydrogens (tertiary/aromatic N) is 3. The quantitative estimate of drug-likeness (QED) is 0.848. The number of rotatable bonds is 6. The highest BCUT2D eigenvalue weighted by Gasteiger charge is 2.29. The number of pyridine rings is 1. The van der Waals surface area contributed by atoms with Crippen LogP contribution in [0, 0.1) is 0 Å². The van der Waals surface area contributed by atoms with Crippen molar-refractivity contribution in [2.24, 2.45) is 0 Å².